The van der Waals surface area contributed by atoms with Crippen LogP contribution in [0.3, 0.4) is 0 Å². The first-order valence-corrected chi connectivity index (χ1v) is 8.33. The maximum Gasteiger partial charge on any atom is 0.317 e. The largest absolute Gasteiger partial charge is 0.480 e. The lowest BCUT2D eigenvalue weighted by molar-refractivity contribution is -0.139. The van der Waals surface area contributed by atoms with Crippen LogP contribution in [-0.4, -0.2) is 52.0 Å². The summed E-state index contributed by atoms with van der Waals surface area (Å²) >= 11 is 0. The zero-order chi connectivity index (χ0) is 17.3. The Morgan fingerprint density at radius 2 is 2.04 bits per heavy atom. The number of carbonyl (C=O) groups excluding carboxylic acids is 1. The van der Waals surface area contributed by atoms with Crippen LogP contribution in [-0.2, 0) is 4.79 Å². The van der Waals surface area contributed by atoms with Crippen LogP contribution < -0.4 is 5.32 Å². The molecule has 0 bridgehead atoms. The normalized spacial score (nSPS) is 20.1. The molecule has 1 saturated carbocycles. The molecule has 1 amide bonds. The van der Waals surface area contributed by atoms with E-state index in [2.05, 4.69) is 10.3 Å². The van der Waals surface area contributed by atoms with Crippen molar-refractivity contribution in [2.45, 2.75) is 38.8 Å². The van der Waals surface area contributed by atoms with Crippen LogP contribution in [0.2, 0.25) is 0 Å². The van der Waals surface area contributed by atoms with Crippen molar-refractivity contribution < 1.29 is 14.7 Å². The zero-order valence-electron chi connectivity index (χ0n) is 14.0. The average Bonchev–Trinajstić information content (AvgIpc) is 2.84. The van der Waals surface area contributed by atoms with Gasteiger partial charge in [-0.2, -0.15) is 0 Å². The summed E-state index contributed by atoms with van der Waals surface area (Å²) in [5, 5.41) is 13.0. The quantitative estimate of drug-likeness (QED) is 0.758. The molecule has 6 heteroatoms. The first-order chi connectivity index (χ1) is 11.5. The number of nitrogens with zero attached hydrogens (tertiary/aromatic N) is 1. The molecule has 3 rings (SSSR count). The number of amides is 1. The van der Waals surface area contributed by atoms with E-state index in [9.17, 15) is 9.59 Å². The van der Waals surface area contributed by atoms with Crippen LogP contribution >= 0.6 is 0 Å². The minimum absolute atomic E-state index is 0.0589. The third kappa shape index (κ3) is 3.14. The number of aromatic nitrogens is 1. The maximum absolute atomic E-state index is 12.6. The van der Waals surface area contributed by atoms with Gasteiger partial charge < -0.3 is 15.4 Å². The van der Waals surface area contributed by atoms with Gasteiger partial charge in [0.05, 0.1) is 12.1 Å². The number of rotatable bonds is 6. The van der Waals surface area contributed by atoms with Gasteiger partial charge in [0.15, 0.2) is 0 Å². The molecular formula is C18H23N3O3. The molecule has 1 aromatic carbocycles. The highest BCUT2D eigenvalue weighted by atomic mass is 16.4. The second-order valence-electron chi connectivity index (χ2n) is 6.42. The third-order valence-electron chi connectivity index (χ3n) is 4.83. The molecular weight excluding hydrogens is 306 g/mol. The van der Waals surface area contributed by atoms with Crippen LogP contribution in [0.1, 0.15) is 35.8 Å². The third-order valence-corrected chi connectivity index (χ3v) is 4.83. The van der Waals surface area contributed by atoms with Crippen molar-refractivity contribution in [1.82, 2.24) is 15.2 Å². The number of benzene rings is 1. The number of aromatic amines is 1. The Morgan fingerprint density at radius 3 is 2.71 bits per heavy atom. The monoisotopic (exact) mass is 329 g/mol. The van der Waals surface area contributed by atoms with Gasteiger partial charge in [-0.25, -0.2) is 0 Å². The van der Waals surface area contributed by atoms with Crippen LogP contribution in [0, 0.1) is 6.92 Å². The second-order valence-corrected chi connectivity index (χ2v) is 6.42. The Morgan fingerprint density at radius 1 is 1.33 bits per heavy atom. The van der Waals surface area contributed by atoms with E-state index in [4.69, 9.17) is 5.11 Å². The first kappa shape index (κ1) is 16.5. The second kappa shape index (κ2) is 6.65. The van der Waals surface area contributed by atoms with Gasteiger partial charge in [0.2, 0.25) is 0 Å². The first-order valence-electron chi connectivity index (χ1n) is 8.33. The Hall–Kier alpha value is -2.34. The summed E-state index contributed by atoms with van der Waals surface area (Å²) in [5.41, 5.74) is 2.53. The van der Waals surface area contributed by atoms with Crippen LogP contribution in [0.4, 0.5) is 0 Å². The molecule has 2 aromatic rings. The molecule has 0 saturated heterocycles. The fraction of sp³-hybridized carbons (Fsp3) is 0.444. The Balaban J connectivity index is 1.62. The van der Waals surface area contributed by atoms with Gasteiger partial charge in [0, 0.05) is 28.7 Å². The number of carbonyl (C=O) groups is 2. The Kier molecular flexibility index (Phi) is 4.57. The average molecular weight is 329 g/mol. The highest BCUT2D eigenvalue weighted by molar-refractivity contribution is 6.08. The fourth-order valence-electron chi connectivity index (χ4n) is 3.50. The SMILES string of the molecule is CCN(CC(=O)O)C1CC(NC(=O)c2c(C)[nH]c3ccccc23)C1. The Bertz CT molecular complexity index is 762. The number of aliphatic carboxylic acids is 1. The van der Waals surface area contributed by atoms with E-state index < -0.39 is 5.97 Å². The van der Waals surface area contributed by atoms with E-state index in [1.54, 1.807) is 0 Å². The molecule has 24 heavy (non-hydrogen) atoms. The van der Waals surface area contributed by atoms with Crippen molar-refractivity contribution in [3.8, 4) is 0 Å². The number of carboxylic acid groups (broad SMARTS) is 1. The van der Waals surface area contributed by atoms with Gasteiger partial charge >= 0.3 is 5.97 Å². The molecule has 1 aliphatic carbocycles. The van der Waals surface area contributed by atoms with Gasteiger partial charge in [-0.1, -0.05) is 25.1 Å². The molecule has 0 aliphatic heterocycles. The minimum atomic E-state index is -0.807. The standard InChI is InChI=1S/C18H23N3O3/c1-3-21(10-16(22)23)13-8-12(9-13)20-18(24)17-11(2)19-15-7-5-4-6-14(15)17/h4-7,12-13,19H,3,8-10H2,1-2H3,(H,20,24)(H,22,23). The van der Waals surface area contributed by atoms with Crippen molar-refractivity contribution in [2.24, 2.45) is 0 Å². The van der Waals surface area contributed by atoms with Gasteiger partial charge in [-0.15, -0.1) is 0 Å². The van der Waals surface area contributed by atoms with Crippen LogP contribution in [0.5, 0.6) is 0 Å². The van der Waals surface area contributed by atoms with Gasteiger partial charge in [0.25, 0.3) is 5.91 Å². The van der Waals surface area contributed by atoms with E-state index in [-0.39, 0.29) is 24.5 Å². The minimum Gasteiger partial charge on any atom is -0.480 e. The molecule has 128 valence electrons. The number of carboxylic acids is 1. The van der Waals surface area contributed by atoms with Crippen molar-refractivity contribution in [3.05, 3.63) is 35.5 Å². The maximum atomic E-state index is 12.6. The fourth-order valence-corrected chi connectivity index (χ4v) is 3.50. The summed E-state index contributed by atoms with van der Waals surface area (Å²) < 4.78 is 0. The molecule has 6 nitrogen and oxygen atoms in total. The molecule has 1 fully saturated rings. The van der Waals surface area contributed by atoms with Gasteiger partial charge in [0.1, 0.15) is 0 Å². The summed E-state index contributed by atoms with van der Waals surface area (Å²) in [6.07, 6.45) is 1.60. The van der Waals surface area contributed by atoms with Gasteiger partial charge in [-0.3, -0.25) is 14.5 Å². The molecule has 0 atom stereocenters. The van der Waals surface area contributed by atoms with E-state index in [1.165, 1.54) is 0 Å². The number of hydrogen-bond acceptors (Lipinski definition) is 3. The van der Waals surface area contributed by atoms with E-state index in [1.807, 2.05) is 43.0 Å². The summed E-state index contributed by atoms with van der Waals surface area (Å²) in [7, 11) is 0. The van der Waals surface area contributed by atoms with E-state index >= 15 is 0 Å². The molecule has 0 radical (unpaired) electrons. The molecule has 0 unspecified atom stereocenters. The number of nitrogens with one attached hydrogen (secondary N) is 2. The van der Waals surface area contributed by atoms with E-state index in [0.717, 1.165) is 29.4 Å². The number of hydrogen-bond donors (Lipinski definition) is 3. The number of H-pyrrole nitrogens is 1. The molecule has 0 spiro atoms. The topological polar surface area (TPSA) is 85.4 Å². The Labute approximate surface area is 140 Å². The van der Waals surface area contributed by atoms with Crippen molar-refractivity contribution in [2.75, 3.05) is 13.1 Å². The van der Waals surface area contributed by atoms with Gasteiger partial charge in [-0.05, 0) is 32.4 Å². The lowest BCUT2D eigenvalue weighted by Crippen LogP contribution is -2.54. The zero-order valence-corrected chi connectivity index (χ0v) is 14.0. The predicted molar refractivity (Wildman–Crippen MR) is 92.2 cm³/mol. The lowest BCUT2D eigenvalue weighted by Gasteiger charge is -2.42. The van der Waals surface area contributed by atoms with Crippen molar-refractivity contribution >= 4 is 22.8 Å². The summed E-state index contributed by atoms with van der Waals surface area (Å²) in [6.45, 7) is 4.64. The smallest absolute Gasteiger partial charge is 0.317 e. The predicted octanol–water partition coefficient (Wildman–Crippen LogP) is 2.14. The number of likely N-dealkylation sites (N-methyl/N-ethyl adjacent to an activating group) is 1. The molecule has 1 heterocycles. The van der Waals surface area contributed by atoms with Crippen LogP contribution in [0.15, 0.2) is 24.3 Å². The van der Waals surface area contributed by atoms with Crippen molar-refractivity contribution in [1.29, 1.82) is 0 Å². The van der Waals surface area contributed by atoms with E-state index in [0.29, 0.717) is 12.1 Å². The van der Waals surface area contributed by atoms with Crippen LogP contribution in [0.25, 0.3) is 10.9 Å². The molecule has 1 aliphatic rings. The number of aryl methyl sites for hydroxylation is 1. The molecule has 1 aromatic heterocycles. The number of para-hydroxylation sites is 1. The summed E-state index contributed by atoms with van der Waals surface area (Å²) in [6, 6.07) is 8.13. The van der Waals surface area contributed by atoms with Crippen molar-refractivity contribution in [3.63, 3.8) is 0 Å². The highest BCUT2D eigenvalue weighted by Crippen LogP contribution is 2.27. The molecule has 3 N–H and O–H groups in total. The lowest BCUT2D eigenvalue weighted by atomic mass is 9.85. The number of fused-ring (bicyclic) bond motifs is 1. The highest BCUT2D eigenvalue weighted by Gasteiger charge is 2.35. The summed E-state index contributed by atoms with van der Waals surface area (Å²) in [4.78, 5) is 28.7. The summed E-state index contributed by atoms with van der Waals surface area (Å²) in [5.74, 6) is -0.867.